The van der Waals surface area contributed by atoms with Crippen molar-refractivity contribution >= 4 is 15.9 Å². The van der Waals surface area contributed by atoms with E-state index in [-0.39, 0.29) is 40.7 Å². The standard InChI is InChI=1S/C25H32N4O6S/c1-14(2)33-25(30)29-17-5-6-18(29)12-19(11-17)34-23-15(3)24(27-13-26-23)35-21-9-10-22(28-16(21)4)36(31,32)20-7-8-20/h9-10,13-14,17-20H,5-8,11-12H2,1-4H3/t17-,18?,19+/m0/s1. The monoisotopic (exact) mass is 516 g/mol. The van der Waals surface area contributed by atoms with Gasteiger partial charge in [0, 0.05) is 24.9 Å². The Morgan fingerprint density at radius 1 is 1.03 bits per heavy atom. The molecule has 1 saturated carbocycles. The second-order valence-electron chi connectivity index (χ2n) is 10.1. The number of fused-ring (bicyclic) bond motifs is 2. The lowest BCUT2D eigenvalue weighted by molar-refractivity contribution is 0.0206. The lowest BCUT2D eigenvalue weighted by Crippen LogP contribution is -2.50. The first-order valence-corrected chi connectivity index (χ1v) is 14.0. The largest absolute Gasteiger partial charge is 0.474 e. The second kappa shape index (κ2) is 9.49. The van der Waals surface area contributed by atoms with Crippen LogP contribution in [0.1, 0.15) is 63.6 Å². The van der Waals surface area contributed by atoms with Crippen molar-refractivity contribution in [1.82, 2.24) is 19.9 Å². The minimum atomic E-state index is -3.37. The quantitative estimate of drug-likeness (QED) is 0.534. The van der Waals surface area contributed by atoms with Crippen molar-refractivity contribution in [3.63, 3.8) is 0 Å². The zero-order chi connectivity index (χ0) is 25.6. The van der Waals surface area contributed by atoms with Gasteiger partial charge in [-0.05, 0) is 65.5 Å². The van der Waals surface area contributed by atoms with E-state index in [1.54, 1.807) is 13.0 Å². The van der Waals surface area contributed by atoms with Crippen LogP contribution < -0.4 is 9.47 Å². The van der Waals surface area contributed by atoms with Crippen LogP contribution in [-0.2, 0) is 14.6 Å². The lowest BCUT2D eigenvalue weighted by Gasteiger charge is -2.38. The minimum Gasteiger partial charge on any atom is -0.474 e. The Kier molecular flexibility index (Phi) is 6.52. The van der Waals surface area contributed by atoms with Crippen molar-refractivity contribution in [1.29, 1.82) is 0 Å². The summed E-state index contributed by atoms with van der Waals surface area (Å²) in [5.74, 6) is 1.18. The number of aryl methyl sites for hydroxylation is 1. The van der Waals surface area contributed by atoms with Crippen LogP contribution in [0, 0.1) is 13.8 Å². The summed E-state index contributed by atoms with van der Waals surface area (Å²) in [5, 5.41) is -0.237. The summed E-state index contributed by atoms with van der Waals surface area (Å²) < 4.78 is 42.7. The zero-order valence-electron chi connectivity index (χ0n) is 21.0. The van der Waals surface area contributed by atoms with Crippen molar-refractivity contribution in [2.75, 3.05) is 0 Å². The molecule has 2 aromatic heterocycles. The first kappa shape index (κ1) is 24.7. The summed E-state index contributed by atoms with van der Waals surface area (Å²) >= 11 is 0. The lowest BCUT2D eigenvalue weighted by atomic mass is 10.0. The van der Waals surface area contributed by atoms with Crippen molar-refractivity contribution in [2.45, 2.75) is 101 Å². The average Bonchev–Trinajstić information content (AvgIpc) is 3.63. The van der Waals surface area contributed by atoms with E-state index in [0.717, 1.165) is 12.8 Å². The first-order chi connectivity index (χ1) is 17.1. The van der Waals surface area contributed by atoms with Gasteiger partial charge in [-0.15, -0.1) is 0 Å². The van der Waals surface area contributed by atoms with Gasteiger partial charge >= 0.3 is 6.09 Å². The summed E-state index contributed by atoms with van der Waals surface area (Å²) in [6.07, 6.45) is 5.58. The summed E-state index contributed by atoms with van der Waals surface area (Å²) in [6.45, 7) is 7.25. The van der Waals surface area contributed by atoms with Gasteiger partial charge in [0.15, 0.2) is 20.6 Å². The number of hydrogen-bond acceptors (Lipinski definition) is 9. The van der Waals surface area contributed by atoms with Gasteiger partial charge in [-0.2, -0.15) is 0 Å². The van der Waals surface area contributed by atoms with Gasteiger partial charge in [0.25, 0.3) is 0 Å². The molecule has 1 amide bonds. The van der Waals surface area contributed by atoms with Crippen LogP contribution in [0.25, 0.3) is 0 Å². The highest BCUT2D eigenvalue weighted by Gasteiger charge is 2.45. The van der Waals surface area contributed by atoms with Crippen LogP contribution in [0.2, 0.25) is 0 Å². The third kappa shape index (κ3) is 4.85. The smallest absolute Gasteiger partial charge is 0.410 e. The summed E-state index contributed by atoms with van der Waals surface area (Å²) in [4.78, 5) is 27.3. The Morgan fingerprint density at radius 2 is 1.69 bits per heavy atom. The highest BCUT2D eigenvalue weighted by molar-refractivity contribution is 7.92. The molecule has 36 heavy (non-hydrogen) atoms. The molecular formula is C25H32N4O6S. The maximum atomic E-state index is 12.5. The van der Waals surface area contributed by atoms with Crippen molar-refractivity contribution in [3.8, 4) is 17.5 Å². The molecular weight excluding hydrogens is 484 g/mol. The molecule has 1 aliphatic carbocycles. The number of pyridine rings is 1. The fraction of sp³-hybridized carbons (Fsp3) is 0.600. The summed E-state index contributed by atoms with van der Waals surface area (Å²) in [6, 6.07) is 3.29. The Morgan fingerprint density at radius 3 is 2.31 bits per heavy atom. The van der Waals surface area contributed by atoms with E-state index in [0.29, 0.717) is 54.5 Å². The molecule has 2 aliphatic heterocycles. The molecule has 2 aromatic rings. The number of nitrogens with zero attached hydrogens (tertiary/aromatic N) is 4. The molecule has 0 spiro atoms. The maximum absolute atomic E-state index is 12.5. The van der Waals surface area contributed by atoms with Gasteiger partial charge in [-0.1, -0.05) is 0 Å². The zero-order valence-corrected chi connectivity index (χ0v) is 21.8. The predicted molar refractivity (Wildman–Crippen MR) is 130 cm³/mol. The van der Waals surface area contributed by atoms with Crippen LogP contribution in [0.3, 0.4) is 0 Å². The van der Waals surface area contributed by atoms with E-state index in [2.05, 4.69) is 15.0 Å². The van der Waals surface area contributed by atoms with Crippen LogP contribution in [0.5, 0.6) is 17.5 Å². The third-order valence-corrected chi connectivity index (χ3v) is 9.14. The predicted octanol–water partition coefficient (Wildman–Crippen LogP) is 4.14. The topological polar surface area (TPSA) is 121 Å². The average molecular weight is 517 g/mol. The van der Waals surface area contributed by atoms with Crippen molar-refractivity contribution in [2.24, 2.45) is 0 Å². The fourth-order valence-corrected chi connectivity index (χ4v) is 6.65. The SMILES string of the molecule is Cc1nc(S(=O)(=O)C2CC2)ccc1Oc1ncnc(O[C@H]2CC3CC[C@@H](C2)N3C(=O)OC(C)C)c1C. The Bertz CT molecular complexity index is 1250. The Labute approximate surface area is 211 Å². The number of carbonyl (C=O) groups is 1. The first-order valence-electron chi connectivity index (χ1n) is 12.5. The van der Waals surface area contributed by atoms with Crippen LogP contribution in [-0.4, -0.2) is 63.9 Å². The fourth-order valence-electron chi connectivity index (χ4n) is 5.03. The second-order valence-corrected chi connectivity index (χ2v) is 12.3. The molecule has 4 heterocycles. The number of ether oxygens (including phenoxy) is 3. The minimum absolute atomic E-state index is 0.0801. The number of aromatic nitrogens is 3. The molecule has 3 aliphatic rings. The Balaban J connectivity index is 1.27. The van der Waals surface area contributed by atoms with E-state index >= 15 is 0 Å². The van der Waals surface area contributed by atoms with Gasteiger partial charge in [0.2, 0.25) is 11.8 Å². The van der Waals surface area contributed by atoms with Gasteiger partial charge in [0.1, 0.15) is 12.4 Å². The van der Waals surface area contributed by atoms with Gasteiger partial charge < -0.3 is 19.1 Å². The highest BCUT2D eigenvalue weighted by atomic mass is 32.2. The van der Waals surface area contributed by atoms with E-state index in [1.807, 2.05) is 25.7 Å². The third-order valence-electron chi connectivity index (χ3n) is 6.98. The molecule has 10 nitrogen and oxygen atoms in total. The van der Waals surface area contributed by atoms with E-state index in [4.69, 9.17) is 14.2 Å². The number of carbonyl (C=O) groups excluding carboxylic acids is 1. The molecule has 3 fully saturated rings. The van der Waals surface area contributed by atoms with Gasteiger partial charge in [0.05, 0.1) is 22.6 Å². The molecule has 194 valence electrons. The molecule has 5 rings (SSSR count). The summed E-state index contributed by atoms with van der Waals surface area (Å²) in [5.41, 5.74) is 1.11. The molecule has 0 radical (unpaired) electrons. The molecule has 1 unspecified atom stereocenters. The van der Waals surface area contributed by atoms with Crippen LogP contribution >= 0.6 is 0 Å². The van der Waals surface area contributed by atoms with Crippen LogP contribution in [0.4, 0.5) is 4.79 Å². The van der Waals surface area contributed by atoms with Crippen LogP contribution in [0.15, 0.2) is 23.5 Å². The number of sulfone groups is 1. The molecule has 2 saturated heterocycles. The number of hydrogen-bond donors (Lipinski definition) is 0. The van der Waals surface area contributed by atoms with Crippen molar-refractivity contribution in [3.05, 3.63) is 29.7 Å². The number of rotatable bonds is 7. The molecule has 0 N–H and O–H groups in total. The van der Waals surface area contributed by atoms with E-state index in [1.165, 1.54) is 12.4 Å². The van der Waals surface area contributed by atoms with E-state index in [9.17, 15) is 13.2 Å². The Hall–Kier alpha value is -2.95. The number of piperidine rings is 1. The summed E-state index contributed by atoms with van der Waals surface area (Å²) in [7, 11) is -3.37. The van der Waals surface area contributed by atoms with E-state index < -0.39 is 9.84 Å². The van der Waals surface area contributed by atoms with Gasteiger partial charge in [-0.25, -0.2) is 28.2 Å². The normalized spacial score (nSPS) is 23.6. The molecule has 0 aromatic carbocycles. The highest BCUT2D eigenvalue weighted by Crippen LogP contribution is 2.39. The molecule has 11 heteroatoms. The van der Waals surface area contributed by atoms with Crippen molar-refractivity contribution < 1.29 is 27.4 Å². The van der Waals surface area contributed by atoms with Gasteiger partial charge in [-0.3, -0.25) is 0 Å². The maximum Gasteiger partial charge on any atom is 0.410 e. The molecule has 2 bridgehead atoms. The molecule has 3 atom stereocenters. The number of amides is 1.